The number of halogens is 1. The molecule has 2 rings (SSSR count). The molecule has 0 fully saturated rings. The van der Waals surface area contributed by atoms with Gasteiger partial charge in [-0.3, -0.25) is 0 Å². The van der Waals surface area contributed by atoms with Gasteiger partial charge in [0.05, 0.1) is 6.04 Å². The van der Waals surface area contributed by atoms with Gasteiger partial charge in [0.1, 0.15) is 5.82 Å². The summed E-state index contributed by atoms with van der Waals surface area (Å²) in [5.41, 5.74) is 5.04. The molecule has 2 aromatic rings. The molecule has 0 aliphatic rings. The molecule has 0 aliphatic carbocycles. The quantitative estimate of drug-likeness (QED) is 0.873. The lowest BCUT2D eigenvalue weighted by atomic mass is 9.94. The normalized spacial score (nSPS) is 12.4. The highest BCUT2D eigenvalue weighted by Crippen LogP contribution is 2.25. The first-order valence-corrected chi connectivity index (χ1v) is 7.09. The first-order chi connectivity index (χ1) is 9.56. The van der Waals surface area contributed by atoms with Gasteiger partial charge in [0.15, 0.2) is 0 Å². The van der Waals surface area contributed by atoms with Crippen LogP contribution >= 0.6 is 0 Å². The van der Waals surface area contributed by atoms with Crippen molar-refractivity contribution in [1.29, 1.82) is 0 Å². The highest BCUT2D eigenvalue weighted by molar-refractivity contribution is 5.38. The van der Waals surface area contributed by atoms with E-state index in [2.05, 4.69) is 36.5 Å². The Bertz CT molecular complexity index is 564. The molecule has 0 heterocycles. The third kappa shape index (κ3) is 2.91. The number of hydrogen-bond acceptors (Lipinski definition) is 1. The van der Waals surface area contributed by atoms with Crippen molar-refractivity contribution in [3.8, 4) is 0 Å². The highest BCUT2D eigenvalue weighted by Gasteiger charge is 2.14. The molecule has 0 radical (unpaired) electrons. The lowest BCUT2D eigenvalue weighted by Gasteiger charge is -2.19. The fraction of sp³-hybridized carbons (Fsp3) is 0.333. The molecular formula is C18H22FN. The Balaban J connectivity index is 2.41. The Morgan fingerprint density at radius 3 is 2.00 bits per heavy atom. The maximum absolute atomic E-state index is 13.8. The fourth-order valence-corrected chi connectivity index (χ4v) is 2.62. The number of rotatable bonds is 4. The maximum Gasteiger partial charge on any atom is 0.129 e. The lowest BCUT2D eigenvalue weighted by Crippen LogP contribution is -2.18. The van der Waals surface area contributed by atoms with Crippen LogP contribution in [-0.4, -0.2) is 7.05 Å². The van der Waals surface area contributed by atoms with E-state index in [9.17, 15) is 4.39 Å². The van der Waals surface area contributed by atoms with Crippen molar-refractivity contribution in [1.82, 2.24) is 5.32 Å². The average Bonchev–Trinajstić information content (AvgIpc) is 2.46. The summed E-state index contributed by atoms with van der Waals surface area (Å²) in [4.78, 5) is 0. The van der Waals surface area contributed by atoms with Crippen molar-refractivity contribution in [2.45, 2.75) is 33.2 Å². The SMILES string of the molecule is CCc1ccc(C(NC)c2cc(C)c(F)c(C)c2)cc1. The number of benzene rings is 2. The second-order valence-corrected chi connectivity index (χ2v) is 5.29. The van der Waals surface area contributed by atoms with Crippen molar-refractivity contribution in [2.24, 2.45) is 0 Å². The highest BCUT2D eigenvalue weighted by atomic mass is 19.1. The summed E-state index contributed by atoms with van der Waals surface area (Å²) in [7, 11) is 1.94. The summed E-state index contributed by atoms with van der Waals surface area (Å²) in [6.45, 7) is 5.79. The van der Waals surface area contributed by atoms with E-state index in [1.807, 2.05) is 33.0 Å². The molecule has 0 spiro atoms. The Labute approximate surface area is 120 Å². The Morgan fingerprint density at radius 2 is 1.55 bits per heavy atom. The van der Waals surface area contributed by atoms with Crippen LogP contribution in [-0.2, 0) is 6.42 Å². The van der Waals surface area contributed by atoms with E-state index in [-0.39, 0.29) is 11.9 Å². The molecule has 1 atom stereocenters. The third-order valence-electron chi connectivity index (χ3n) is 3.80. The zero-order valence-electron chi connectivity index (χ0n) is 12.6. The summed E-state index contributed by atoms with van der Waals surface area (Å²) >= 11 is 0. The van der Waals surface area contributed by atoms with Crippen LogP contribution in [0, 0.1) is 19.7 Å². The Kier molecular flexibility index (Phi) is 4.56. The molecule has 0 saturated heterocycles. The molecule has 106 valence electrons. The van der Waals surface area contributed by atoms with E-state index in [1.54, 1.807) is 0 Å². The van der Waals surface area contributed by atoms with Gasteiger partial charge in [-0.25, -0.2) is 4.39 Å². The minimum Gasteiger partial charge on any atom is -0.309 e. The Hall–Kier alpha value is -1.67. The maximum atomic E-state index is 13.8. The fourth-order valence-electron chi connectivity index (χ4n) is 2.62. The molecule has 1 unspecified atom stereocenters. The molecule has 2 heteroatoms. The number of aryl methyl sites for hydroxylation is 3. The first kappa shape index (κ1) is 14.7. The largest absolute Gasteiger partial charge is 0.309 e. The van der Waals surface area contributed by atoms with E-state index < -0.39 is 0 Å². The molecule has 2 aromatic carbocycles. The summed E-state index contributed by atoms with van der Waals surface area (Å²) in [6, 6.07) is 12.6. The van der Waals surface area contributed by atoms with Gasteiger partial charge in [-0.05, 0) is 55.1 Å². The van der Waals surface area contributed by atoms with Gasteiger partial charge in [0, 0.05) is 0 Å². The van der Waals surface area contributed by atoms with Crippen molar-refractivity contribution < 1.29 is 4.39 Å². The van der Waals surface area contributed by atoms with Crippen LogP contribution < -0.4 is 5.32 Å². The zero-order valence-corrected chi connectivity index (χ0v) is 12.6. The van der Waals surface area contributed by atoms with Crippen molar-refractivity contribution >= 4 is 0 Å². The standard InChI is InChI=1S/C18H22FN/c1-5-14-6-8-15(9-7-14)18(20-4)16-10-12(2)17(19)13(3)11-16/h6-11,18,20H,5H2,1-4H3. The van der Waals surface area contributed by atoms with Crippen LogP contribution in [0.4, 0.5) is 4.39 Å². The average molecular weight is 271 g/mol. The summed E-state index contributed by atoms with van der Waals surface area (Å²) in [6.07, 6.45) is 1.04. The zero-order chi connectivity index (χ0) is 14.7. The van der Waals surface area contributed by atoms with E-state index in [0.29, 0.717) is 11.1 Å². The van der Waals surface area contributed by atoms with Gasteiger partial charge < -0.3 is 5.32 Å². The van der Waals surface area contributed by atoms with Crippen LogP contribution in [0.25, 0.3) is 0 Å². The minimum absolute atomic E-state index is 0.0962. The van der Waals surface area contributed by atoms with Crippen LogP contribution in [0.2, 0.25) is 0 Å². The van der Waals surface area contributed by atoms with E-state index >= 15 is 0 Å². The van der Waals surface area contributed by atoms with Gasteiger partial charge in [-0.1, -0.05) is 43.3 Å². The molecule has 0 aliphatic heterocycles. The van der Waals surface area contributed by atoms with Gasteiger partial charge in [-0.2, -0.15) is 0 Å². The van der Waals surface area contributed by atoms with Gasteiger partial charge in [-0.15, -0.1) is 0 Å². The van der Waals surface area contributed by atoms with Crippen LogP contribution in [0.15, 0.2) is 36.4 Å². The third-order valence-corrected chi connectivity index (χ3v) is 3.80. The second kappa shape index (κ2) is 6.19. The van der Waals surface area contributed by atoms with Crippen molar-refractivity contribution in [3.05, 3.63) is 70.0 Å². The van der Waals surface area contributed by atoms with Gasteiger partial charge in [0.2, 0.25) is 0 Å². The van der Waals surface area contributed by atoms with Crippen molar-refractivity contribution in [3.63, 3.8) is 0 Å². The second-order valence-electron chi connectivity index (χ2n) is 5.29. The molecule has 0 amide bonds. The monoisotopic (exact) mass is 271 g/mol. The lowest BCUT2D eigenvalue weighted by molar-refractivity contribution is 0.604. The molecular weight excluding hydrogens is 249 g/mol. The predicted octanol–water partition coefficient (Wildman–Crippen LogP) is 4.31. The van der Waals surface area contributed by atoms with E-state index in [1.165, 1.54) is 11.1 Å². The van der Waals surface area contributed by atoms with E-state index in [0.717, 1.165) is 12.0 Å². The van der Waals surface area contributed by atoms with Gasteiger partial charge in [0.25, 0.3) is 0 Å². The summed E-state index contributed by atoms with van der Waals surface area (Å²) in [5, 5.41) is 3.32. The Morgan fingerprint density at radius 1 is 1.00 bits per heavy atom. The smallest absolute Gasteiger partial charge is 0.129 e. The molecule has 1 nitrogen and oxygen atoms in total. The molecule has 0 saturated carbocycles. The summed E-state index contributed by atoms with van der Waals surface area (Å²) < 4.78 is 13.8. The topological polar surface area (TPSA) is 12.0 Å². The predicted molar refractivity (Wildman–Crippen MR) is 82.6 cm³/mol. The van der Waals surface area contributed by atoms with Crippen LogP contribution in [0.1, 0.15) is 40.8 Å². The molecule has 20 heavy (non-hydrogen) atoms. The van der Waals surface area contributed by atoms with Crippen LogP contribution in [0.3, 0.4) is 0 Å². The number of nitrogens with one attached hydrogen (secondary N) is 1. The minimum atomic E-state index is -0.107. The molecule has 0 aromatic heterocycles. The van der Waals surface area contributed by atoms with Gasteiger partial charge >= 0.3 is 0 Å². The number of hydrogen-bond donors (Lipinski definition) is 1. The van der Waals surface area contributed by atoms with E-state index in [4.69, 9.17) is 0 Å². The first-order valence-electron chi connectivity index (χ1n) is 7.09. The molecule has 0 bridgehead atoms. The summed E-state index contributed by atoms with van der Waals surface area (Å²) in [5.74, 6) is -0.107. The molecule has 1 N–H and O–H groups in total. The van der Waals surface area contributed by atoms with Crippen molar-refractivity contribution in [2.75, 3.05) is 7.05 Å². The van der Waals surface area contributed by atoms with Crippen LogP contribution in [0.5, 0.6) is 0 Å².